The van der Waals surface area contributed by atoms with Crippen LogP contribution in [-0.4, -0.2) is 35.8 Å². The van der Waals surface area contributed by atoms with E-state index in [0.717, 1.165) is 24.8 Å². The number of amides is 2. The van der Waals surface area contributed by atoms with Crippen LogP contribution in [0.5, 0.6) is 0 Å². The Morgan fingerprint density at radius 2 is 2.10 bits per heavy atom. The molecule has 1 saturated heterocycles. The molecule has 5 atom stereocenters. The fourth-order valence-electron chi connectivity index (χ4n) is 4.39. The summed E-state index contributed by atoms with van der Waals surface area (Å²) in [4.78, 5) is 26.3. The highest BCUT2D eigenvalue weighted by molar-refractivity contribution is 5.95. The first-order valence-electron chi connectivity index (χ1n) is 8.16. The topological polar surface area (TPSA) is 49.4 Å². The molecule has 0 aromatic carbocycles. The Labute approximate surface area is 121 Å². The van der Waals surface area contributed by atoms with Gasteiger partial charge in [-0.3, -0.25) is 9.59 Å². The van der Waals surface area contributed by atoms with Crippen LogP contribution in [0.3, 0.4) is 0 Å². The number of nitrogens with zero attached hydrogens (tertiary/aromatic N) is 1. The minimum Gasteiger partial charge on any atom is -0.342 e. The van der Waals surface area contributed by atoms with E-state index in [1.807, 2.05) is 11.8 Å². The number of piperazine rings is 1. The number of rotatable bonds is 4. The van der Waals surface area contributed by atoms with E-state index in [4.69, 9.17) is 0 Å². The summed E-state index contributed by atoms with van der Waals surface area (Å²) in [6.45, 7) is 5.18. The second kappa shape index (κ2) is 5.38. The van der Waals surface area contributed by atoms with Crippen molar-refractivity contribution >= 4 is 11.8 Å². The summed E-state index contributed by atoms with van der Waals surface area (Å²) >= 11 is 0. The second-order valence-electron chi connectivity index (χ2n) is 7.08. The van der Waals surface area contributed by atoms with E-state index >= 15 is 0 Å². The first kappa shape index (κ1) is 13.9. The Bertz CT molecular complexity index is 409. The van der Waals surface area contributed by atoms with E-state index in [1.165, 1.54) is 25.7 Å². The molecule has 0 aromatic rings. The third-order valence-electron chi connectivity index (χ3n) is 5.78. The first-order chi connectivity index (χ1) is 9.58. The SMILES string of the molecule is CCC(C)C1NC(=O)CN(CC2CC3CCC2C3)C1=O. The molecular formula is C16H26N2O2. The van der Waals surface area contributed by atoms with Crippen LogP contribution < -0.4 is 5.32 Å². The highest BCUT2D eigenvalue weighted by Crippen LogP contribution is 2.48. The van der Waals surface area contributed by atoms with Gasteiger partial charge in [-0.25, -0.2) is 0 Å². The zero-order valence-electron chi connectivity index (χ0n) is 12.6. The molecule has 3 rings (SSSR count). The summed E-state index contributed by atoms with van der Waals surface area (Å²) in [5.41, 5.74) is 0. The van der Waals surface area contributed by atoms with Gasteiger partial charge < -0.3 is 10.2 Å². The molecule has 20 heavy (non-hydrogen) atoms. The van der Waals surface area contributed by atoms with E-state index in [-0.39, 0.29) is 30.3 Å². The van der Waals surface area contributed by atoms with Crippen LogP contribution in [0.4, 0.5) is 0 Å². The summed E-state index contributed by atoms with van der Waals surface area (Å²) in [6.07, 6.45) is 6.25. The van der Waals surface area contributed by atoms with Gasteiger partial charge >= 0.3 is 0 Å². The Morgan fingerprint density at radius 1 is 1.30 bits per heavy atom. The van der Waals surface area contributed by atoms with Crippen molar-refractivity contribution in [1.82, 2.24) is 10.2 Å². The fourth-order valence-corrected chi connectivity index (χ4v) is 4.39. The minimum atomic E-state index is -0.306. The van der Waals surface area contributed by atoms with Crippen LogP contribution in [0, 0.1) is 23.7 Å². The van der Waals surface area contributed by atoms with Crippen molar-refractivity contribution < 1.29 is 9.59 Å². The van der Waals surface area contributed by atoms with Gasteiger partial charge in [-0.1, -0.05) is 26.7 Å². The second-order valence-corrected chi connectivity index (χ2v) is 7.08. The lowest BCUT2D eigenvalue weighted by Crippen LogP contribution is -2.60. The number of nitrogens with one attached hydrogen (secondary N) is 1. The molecule has 2 aliphatic carbocycles. The fraction of sp³-hybridized carbons (Fsp3) is 0.875. The minimum absolute atomic E-state index is 0.0121. The zero-order valence-corrected chi connectivity index (χ0v) is 12.6. The van der Waals surface area contributed by atoms with E-state index < -0.39 is 0 Å². The Balaban J connectivity index is 1.65. The smallest absolute Gasteiger partial charge is 0.245 e. The van der Waals surface area contributed by atoms with E-state index in [0.29, 0.717) is 5.92 Å². The standard InChI is InChI=1S/C16H26N2O2/c1-3-10(2)15-16(20)18(9-14(19)17-15)8-13-7-11-4-5-12(13)6-11/h10-13,15H,3-9H2,1-2H3,(H,17,19). The molecule has 0 aromatic heterocycles. The Morgan fingerprint density at radius 3 is 2.70 bits per heavy atom. The summed E-state index contributed by atoms with van der Waals surface area (Å²) in [7, 11) is 0. The third-order valence-corrected chi connectivity index (χ3v) is 5.78. The first-order valence-corrected chi connectivity index (χ1v) is 8.16. The molecule has 1 heterocycles. The van der Waals surface area contributed by atoms with E-state index in [9.17, 15) is 9.59 Å². The largest absolute Gasteiger partial charge is 0.342 e. The molecule has 2 saturated carbocycles. The van der Waals surface area contributed by atoms with Crippen molar-refractivity contribution in [3.8, 4) is 0 Å². The molecule has 2 bridgehead atoms. The van der Waals surface area contributed by atoms with Crippen LogP contribution in [0.15, 0.2) is 0 Å². The molecule has 3 fully saturated rings. The molecule has 3 aliphatic rings. The van der Waals surface area contributed by atoms with Gasteiger partial charge in [0.05, 0.1) is 6.54 Å². The van der Waals surface area contributed by atoms with Gasteiger partial charge in [0.15, 0.2) is 0 Å². The molecule has 1 N–H and O–H groups in total. The van der Waals surface area contributed by atoms with Crippen LogP contribution in [-0.2, 0) is 9.59 Å². The zero-order chi connectivity index (χ0) is 14.3. The predicted molar refractivity (Wildman–Crippen MR) is 76.9 cm³/mol. The van der Waals surface area contributed by atoms with Crippen molar-refractivity contribution in [3.63, 3.8) is 0 Å². The number of fused-ring (bicyclic) bond motifs is 2. The van der Waals surface area contributed by atoms with Gasteiger partial charge in [-0.05, 0) is 42.9 Å². The van der Waals surface area contributed by atoms with Crippen LogP contribution in [0.2, 0.25) is 0 Å². The lowest BCUT2D eigenvalue weighted by atomic mass is 9.87. The molecule has 5 unspecified atom stereocenters. The van der Waals surface area contributed by atoms with Crippen molar-refractivity contribution in [2.75, 3.05) is 13.1 Å². The average molecular weight is 278 g/mol. The van der Waals surface area contributed by atoms with Crippen molar-refractivity contribution in [2.45, 2.75) is 52.0 Å². The Kier molecular flexibility index (Phi) is 3.74. The van der Waals surface area contributed by atoms with Crippen LogP contribution in [0.1, 0.15) is 46.0 Å². The van der Waals surface area contributed by atoms with Crippen LogP contribution in [0.25, 0.3) is 0 Å². The Hall–Kier alpha value is -1.06. The highest BCUT2D eigenvalue weighted by atomic mass is 16.2. The van der Waals surface area contributed by atoms with Crippen molar-refractivity contribution in [3.05, 3.63) is 0 Å². The van der Waals surface area contributed by atoms with Gasteiger partial charge in [-0.2, -0.15) is 0 Å². The normalized spacial score (nSPS) is 38.2. The summed E-state index contributed by atoms with van der Waals surface area (Å²) in [5, 5.41) is 2.88. The van der Waals surface area contributed by atoms with Gasteiger partial charge in [0.25, 0.3) is 0 Å². The van der Waals surface area contributed by atoms with Crippen LogP contribution >= 0.6 is 0 Å². The molecule has 1 aliphatic heterocycles. The quantitative estimate of drug-likeness (QED) is 0.852. The molecule has 112 valence electrons. The molecule has 4 heteroatoms. The lowest BCUT2D eigenvalue weighted by Gasteiger charge is -2.37. The van der Waals surface area contributed by atoms with Gasteiger partial charge in [0, 0.05) is 6.54 Å². The van der Waals surface area contributed by atoms with E-state index in [2.05, 4.69) is 12.2 Å². The number of carbonyl (C=O) groups is 2. The maximum atomic E-state index is 12.6. The maximum Gasteiger partial charge on any atom is 0.245 e. The van der Waals surface area contributed by atoms with Gasteiger partial charge in [-0.15, -0.1) is 0 Å². The lowest BCUT2D eigenvalue weighted by molar-refractivity contribution is -0.146. The van der Waals surface area contributed by atoms with Gasteiger partial charge in [0.2, 0.25) is 11.8 Å². The molecule has 2 amide bonds. The molecule has 4 nitrogen and oxygen atoms in total. The highest BCUT2D eigenvalue weighted by Gasteiger charge is 2.43. The van der Waals surface area contributed by atoms with Crippen molar-refractivity contribution in [1.29, 1.82) is 0 Å². The number of hydrogen-bond donors (Lipinski definition) is 1. The van der Waals surface area contributed by atoms with Gasteiger partial charge in [0.1, 0.15) is 6.04 Å². The molecule has 0 spiro atoms. The summed E-state index contributed by atoms with van der Waals surface area (Å²) in [5.74, 6) is 2.71. The molecule has 0 radical (unpaired) electrons. The number of hydrogen-bond acceptors (Lipinski definition) is 2. The average Bonchev–Trinajstić information content (AvgIpc) is 3.04. The van der Waals surface area contributed by atoms with Crippen molar-refractivity contribution in [2.24, 2.45) is 23.7 Å². The summed E-state index contributed by atoms with van der Waals surface area (Å²) < 4.78 is 0. The monoisotopic (exact) mass is 278 g/mol. The maximum absolute atomic E-state index is 12.6. The third kappa shape index (κ3) is 2.45. The van der Waals surface area contributed by atoms with E-state index in [1.54, 1.807) is 0 Å². The number of carbonyl (C=O) groups excluding carboxylic acids is 2. The predicted octanol–water partition coefficient (Wildman–Crippen LogP) is 1.80. The summed E-state index contributed by atoms with van der Waals surface area (Å²) in [6, 6.07) is -0.306. The molecular weight excluding hydrogens is 252 g/mol.